The smallest absolute Gasteiger partial charge is 0.159 e. The summed E-state index contributed by atoms with van der Waals surface area (Å²) in [7, 11) is 3.27. The van der Waals surface area contributed by atoms with Crippen molar-refractivity contribution in [3.8, 4) is 0 Å². The zero-order valence-corrected chi connectivity index (χ0v) is 17.7. The summed E-state index contributed by atoms with van der Waals surface area (Å²) in [6.45, 7) is 4.91. The van der Waals surface area contributed by atoms with Crippen LogP contribution in [0.25, 0.3) is 0 Å². The second-order valence-corrected chi connectivity index (χ2v) is 10.2. The minimum Gasteiger partial charge on any atom is -0.390 e. The Labute approximate surface area is 168 Å². The van der Waals surface area contributed by atoms with Gasteiger partial charge in [-0.05, 0) is 73.2 Å². The molecule has 0 spiro atoms. The van der Waals surface area contributed by atoms with Crippen LogP contribution in [0.3, 0.4) is 0 Å². The molecular formula is C23H36O5. The van der Waals surface area contributed by atoms with E-state index in [9.17, 15) is 15.0 Å². The molecule has 3 saturated carbocycles. The Balaban J connectivity index is 1.66. The lowest BCUT2D eigenvalue weighted by atomic mass is 9.46. The number of rotatable bonds is 4. The highest BCUT2D eigenvalue weighted by Gasteiger charge is 2.62. The maximum absolute atomic E-state index is 13.3. The molecule has 2 N–H and O–H groups in total. The van der Waals surface area contributed by atoms with Crippen molar-refractivity contribution in [2.45, 2.75) is 70.7 Å². The van der Waals surface area contributed by atoms with Gasteiger partial charge in [-0.1, -0.05) is 19.4 Å². The highest BCUT2D eigenvalue weighted by molar-refractivity contribution is 5.94. The first-order chi connectivity index (χ1) is 13.3. The van der Waals surface area contributed by atoms with Crippen LogP contribution < -0.4 is 0 Å². The normalized spacial score (nSPS) is 49.1. The molecule has 0 heterocycles. The Morgan fingerprint density at radius 2 is 1.96 bits per heavy atom. The molecule has 4 rings (SSSR count). The number of aliphatic hydroxyl groups is 2. The molecule has 0 aromatic carbocycles. The van der Waals surface area contributed by atoms with Gasteiger partial charge < -0.3 is 19.7 Å². The molecule has 4 aliphatic carbocycles. The second-order valence-electron chi connectivity index (χ2n) is 10.2. The van der Waals surface area contributed by atoms with Crippen LogP contribution in [0.5, 0.6) is 0 Å². The van der Waals surface area contributed by atoms with Gasteiger partial charge in [0.05, 0.1) is 24.9 Å². The van der Waals surface area contributed by atoms with Gasteiger partial charge in [-0.3, -0.25) is 4.79 Å². The van der Waals surface area contributed by atoms with Gasteiger partial charge in [0.15, 0.2) is 5.78 Å². The van der Waals surface area contributed by atoms with Gasteiger partial charge in [-0.15, -0.1) is 0 Å². The van der Waals surface area contributed by atoms with Gasteiger partial charge >= 0.3 is 0 Å². The number of hydrogen-bond donors (Lipinski definition) is 2. The van der Waals surface area contributed by atoms with E-state index >= 15 is 0 Å². The van der Waals surface area contributed by atoms with Gasteiger partial charge in [-0.2, -0.15) is 0 Å². The molecule has 0 bridgehead atoms. The van der Waals surface area contributed by atoms with E-state index in [2.05, 4.69) is 13.8 Å². The third-order valence-electron chi connectivity index (χ3n) is 9.13. The summed E-state index contributed by atoms with van der Waals surface area (Å²) < 4.78 is 10.7. The number of hydrogen-bond acceptors (Lipinski definition) is 5. The molecule has 0 radical (unpaired) electrons. The summed E-state index contributed by atoms with van der Waals surface area (Å²) in [6, 6.07) is 0. The number of fused-ring (bicyclic) bond motifs is 5. The summed E-state index contributed by atoms with van der Waals surface area (Å²) in [6.07, 6.45) is 6.04. The Hall–Kier alpha value is -0.750. The van der Waals surface area contributed by atoms with Gasteiger partial charge in [0.25, 0.3) is 0 Å². The minimum absolute atomic E-state index is 0.0125. The number of carbonyl (C=O) groups excluding carboxylic acids is 1. The fourth-order valence-corrected chi connectivity index (χ4v) is 7.62. The van der Waals surface area contributed by atoms with Crippen LogP contribution in [0.15, 0.2) is 11.6 Å². The van der Waals surface area contributed by atoms with Crippen molar-refractivity contribution in [2.24, 2.45) is 34.5 Å². The standard InChI is InChI=1S/C23H36O5/c1-22-8-7-16-21(15(22)6-5-14(22)19(26)12-27-3)17(24)9-13-10-20(28-4)18(25)11-23(13,16)2/h9,14-16,18-21,25-26H,5-8,10-12H2,1-4H3. The van der Waals surface area contributed by atoms with E-state index in [1.54, 1.807) is 14.2 Å². The summed E-state index contributed by atoms with van der Waals surface area (Å²) in [5.74, 6) is 1.06. The van der Waals surface area contributed by atoms with Crippen LogP contribution in [0, 0.1) is 34.5 Å². The van der Waals surface area contributed by atoms with Crippen molar-refractivity contribution in [1.29, 1.82) is 0 Å². The summed E-state index contributed by atoms with van der Waals surface area (Å²) >= 11 is 0. The second kappa shape index (κ2) is 7.19. The average molecular weight is 393 g/mol. The van der Waals surface area contributed by atoms with Gasteiger partial charge in [0.1, 0.15) is 0 Å². The Morgan fingerprint density at radius 1 is 1.21 bits per heavy atom. The number of ether oxygens (including phenoxy) is 2. The number of aliphatic hydroxyl groups excluding tert-OH is 2. The predicted molar refractivity (Wildman–Crippen MR) is 106 cm³/mol. The van der Waals surface area contributed by atoms with Gasteiger partial charge in [0.2, 0.25) is 0 Å². The Kier molecular flexibility index (Phi) is 5.27. The van der Waals surface area contributed by atoms with Crippen LogP contribution in [0.2, 0.25) is 0 Å². The van der Waals surface area contributed by atoms with E-state index in [0.717, 1.165) is 25.7 Å². The molecule has 5 heteroatoms. The SMILES string of the molecule is COCC(O)C1CCC2C3C(=O)C=C4CC(OC)C(O)CC4(C)C3CCC12C. The largest absolute Gasteiger partial charge is 0.390 e. The molecule has 28 heavy (non-hydrogen) atoms. The number of allylic oxidation sites excluding steroid dienone is 1. The Morgan fingerprint density at radius 3 is 2.64 bits per heavy atom. The molecule has 0 aromatic heterocycles. The van der Waals surface area contributed by atoms with Crippen molar-refractivity contribution in [2.75, 3.05) is 20.8 Å². The van der Waals surface area contributed by atoms with E-state index in [1.165, 1.54) is 5.57 Å². The number of methoxy groups -OCH3 is 2. The number of ketones is 1. The maximum atomic E-state index is 13.3. The molecular weight excluding hydrogens is 356 g/mol. The van der Waals surface area contributed by atoms with Crippen molar-refractivity contribution in [3.05, 3.63) is 11.6 Å². The molecule has 0 aliphatic heterocycles. The predicted octanol–water partition coefficient (Wildman–Crippen LogP) is 2.74. The highest BCUT2D eigenvalue weighted by Crippen LogP contribution is 2.66. The zero-order valence-electron chi connectivity index (χ0n) is 17.7. The quantitative estimate of drug-likeness (QED) is 0.769. The van der Waals surface area contributed by atoms with Crippen molar-refractivity contribution in [3.63, 3.8) is 0 Å². The fraction of sp³-hybridized carbons (Fsp3) is 0.870. The number of carbonyl (C=O) groups is 1. The molecule has 0 saturated heterocycles. The van der Waals surface area contributed by atoms with Crippen LogP contribution >= 0.6 is 0 Å². The van der Waals surface area contributed by atoms with E-state index in [1.807, 2.05) is 6.08 Å². The van der Waals surface area contributed by atoms with E-state index < -0.39 is 12.2 Å². The summed E-state index contributed by atoms with van der Waals surface area (Å²) in [5.41, 5.74) is 1.03. The Bertz CT molecular complexity index is 659. The molecule has 9 atom stereocenters. The van der Waals surface area contributed by atoms with Crippen LogP contribution in [0.4, 0.5) is 0 Å². The molecule has 3 fully saturated rings. The molecule has 0 aromatic rings. The lowest BCUT2D eigenvalue weighted by Gasteiger charge is -2.58. The monoisotopic (exact) mass is 392 g/mol. The first-order valence-corrected chi connectivity index (χ1v) is 10.9. The van der Waals surface area contributed by atoms with Crippen molar-refractivity contribution < 1.29 is 24.5 Å². The van der Waals surface area contributed by atoms with Crippen LogP contribution in [-0.2, 0) is 14.3 Å². The first kappa shape index (κ1) is 20.5. The van der Waals surface area contributed by atoms with Crippen molar-refractivity contribution >= 4 is 5.78 Å². The average Bonchev–Trinajstić information content (AvgIpc) is 2.99. The summed E-state index contributed by atoms with van der Waals surface area (Å²) in [5, 5.41) is 21.3. The third-order valence-corrected chi connectivity index (χ3v) is 9.13. The zero-order chi connectivity index (χ0) is 20.3. The van der Waals surface area contributed by atoms with Gasteiger partial charge in [-0.25, -0.2) is 0 Å². The maximum Gasteiger partial charge on any atom is 0.159 e. The minimum atomic E-state index is -0.478. The highest BCUT2D eigenvalue weighted by atomic mass is 16.5. The lowest BCUT2D eigenvalue weighted by Crippen LogP contribution is -2.56. The molecule has 9 unspecified atom stereocenters. The molecule has 158 valence electrons. The summed E-state index contributed by atoms with van der Waals surface area (Å²) in [4.78, 5) is 13.3. The van der Waals surface area contributed by atoms with Crippen LogP contribution in [-0.4, -0.2) is 55.1 Å². The third kappa shape index (κ3) is 2.84. The molecule has 5 nitrogen and oxygen atoms in total. The topological polar surface area (TPSA) is 76.0 Å². The molecule has 0 amide bonds. The van der Waals surface area contributed by atoms with E-state index in [4.69, 9.17) is 9.47 Å². The molecule has 4 aliphatic rings. The lowest BCUT2D eigenvalue weighted by molar-refractivity contribution is -0.141. The first-order valence-electron chi connectivity index (χ1n) is 10.9. The van der Waals surface area contributed by atoms with Crippen molar-refractivity contribution in [1.82, 2.24) is 0 Å². The fourth-order valence-electron chi connectivity index (χ4n) is 7.62. The van der Waals surface area contributed by atoms with Crippen LogP contribution in [0.1, 0.15) is 52.4 Å². The van der Waals surface area contributed by atoms with Gasteiger partial charge in [0, 0.05) is 20.1 Å². The van der Waals surface area contributed by atoms with E-state index in [-0.39, 0.29) is 40.5 Å². The van der Waals surface area contributed by atoms with E-state index in [0.29, 0.717) is 25.4 Å².